The van der Waals surface area contributed by atoms with Gasteiger partial charge in [-0.1, -0.05) is 19.1 Å². The summed E-state index contributed by atoms with van der Waals surface area (Å²) >= 11 is 3.56. The second kappa shape index (κ2) is 7.04. The Hall–Kier alpha value is -0.680. The van der Waals surface area contributed by atoms with E-state index in [-0.39, 0.29) is 12.6 Å². The molecule has 0 radical (unpaired) electrons. The van der Waals surface area contributed by atoms with Crippen molar-refractivity contribution in [2.45, 2.75) is 32.5 Å². The van der Waals surface area contributed by atoms with Crippen molar-refractivity contribution in [3.05, 3.63) is 44.8 Å². The molecule has 98 valence electrons. The lowest BCUT2D eigenvalue weighted by Crippen LogP contribution is -2.36. The Bertz CT molecular complexity index is 384. The van der Waals surface area contributed by atoms with Crippen molar-refractivity contribution >= 4 is 22.7 Å². The number of rotatable bonds is 7. The first-order valence-corrected chi connectivity index (χ1v) is 7.99. The zero-order chi connectivity index (χ0) is 12.8. The third kappa shape index (κ3) is 3.65. The van der Waals surface area contributed by atoms with E-state index in [0.29, 0.717) is 0 Å². The smallest absolute Gasteiger partial charge is 0.0587 e. The number of thiophene rings is 2. The summed E-state index contributed by atoms with van der Waals surface area (Å²) in [6.07, 6.45) is 0.979. The molecule has 0 saturated carbocycles. The lowest BCUT2D eigenvalue weighted by Gasteiger charge is -2.28. The van der Waals surface area contributed by atoms with Crippen molar-refractivity contribution < 1.29 is 5.11 Å². The molecule has 0 aromatic carbocycles. The molecule has 0 aliphatic carbocycles. The largest absolute Gasteiger partial charge is 0.395 e. The van der Waals surface area contributed by atoms with Crippen LogP contribution in [-0.4, -0.2) is 22.7 Å². The number of aliphatic hydroxyl groups is 1. The fourth-order valence-electron chi connectivity index (χ4n) is 2.02. The average molecular weight is 281 g/mol. The molecule has 0 saturated heterocycles. The van der Waals surface area contributed by atoms with Gasteiger partial charge in [0.1, 0.15) is 0 Å². The summed E-state index contributed by atoms with van der Waals surface area (Å²) in [6, 6.07) is 8.74. The third-order valence-corrected chi connectivity index (χ3v) is 4.80. The van der Waals surface area contributed by atoms with Gasteiger partial charge in [0.2, 0.25) is 0 Å². The molecule has 1 N–H and O–H groups in total. The van der Waals surface area contributed by atoms with Crippen LogP contribution in [-0.2, 0) is 13.1 Å². The Balaban J connectivity index is 2.06. The first kappa shape index (κ1) is 13.7. The van der Waals surface area contributed by atoms with Gasteiger partial charge in [0.25, 0.3) is 0 Å². The van der Waals surface area contributed by atoms with Gasteiger partial charge in [0.15, 0.2) is 0 Å². The average Bonchev–Trinajstić information content (AvgIpc) is 3.03. The van der Waals surface area contributed by atoms with Gasteiger partial charge in [0.05, 0.1) is 6.61 Å². The minimum atomic E-state index is 0.229. The SMILES string of the molecule is CC[C@H](CO)N(Cc1cccs1)Cc1cccs1. The van der Waals surface area contributed by atoms with Crippen molar-refractivity contribution in [3.63, 3.8) is 0 Å². The maximum Gasteiger partial charge on any atom is 0.0587 e. The van der Waals surface area contributed by atoms with Gasteiger partial charge in [0, 0.05) is 28.9 Å². The summed E-state index contributed by atoms with van der Waals surface area (Å²) in [6.45, 7) is 4.22. The molecule has 2 rings (SSSR count). The molecule has 4 heteroatoms. The fraction of sp³-hybridized carbons (Fsp3) is 0.429. The number of aliphatic hydroxyl groups excluding tert-OH is 1. The van der Waals surface area contributed by atoms with E-state index in [1.54, 1.807) is 22.7 Å². The molecule has 2 heterocycles. The first-order valence-electron chi connectivity index (χ1n) is 6.23. The highest BCUT2D eigenvalue weighted by Gasteiger charge is 2.17. The highest BCUT2D eigenvalue weighted by molar-refractivity contribution is 7.10. The molecule has 0 spiro atoms. The third-order valence-electron chi connectivity index (χ3n) is 3.08. The normalized spacial score (nSPS) is 13.1. The number of hydrogen-bond donors (Lipinski definition) is 1. The quantitative estimate of drug-likeness (QED) is 0.838. The molecule has 0 amide bonds. The van der Waals surface area contributed by atoms with E-state index in [1.165, 1.54) is 9.75 Å². The Morgan fingerprint density at radius 1 is 1.11 bits per heavy atom. The molecule has 18 heavy (non-hydrogen) atoms. The van der Waals surface area contributed by atoms with Crippen LogP contribution in [0.4, 0.5) is 0 Å². The summed E-state index contributed by atoms with van der Waals surface area (Å²) in [5.41, 5.74) is 0. The van der Waals surface area contributed by atoms with E-state index in [4.69, 9.17) is 0 Å². The van der Waals surface area contributed by atoms with Crippen molar-refractivity contribution in [2.24, 2.45) is 0 Å². The standard InChI is InChI=1S/C14H19NOS2/c1-2-12(11-16)15(9-13-5-3-7-17-13)10-14-6-4-8-18-14/h3-8,12,16H,2,9-11H2,1H3/t12-/m1/s1. The molecule has 2 nitrogen and oxygen atoms in total. The van der Waals surface area contributed by atoms with Crippen LogP contribution < -0.4 is 0 Å². The van der Waals surface area contributed by atoms with E-state index in [9.17, 15) is 5.11 Å². The maximum absolute atomic E-state index is 9.52. The second-order valence-electron chi connectivity index (χ2n) is 4.31. The van der Waals surface area contributed by atoms with Gasteiger partial charge < -0.3 is 5.11 Å². The summed E-state index contributed by atoms with van der Waals surface area (Å²) in [4.78, 5) is 5.09. The minimum Gasteiger partial charge on any atom is -0.395 e. The zero-order valence-corrected chi connectivity index (χ0v) is 12.2. The second-order valence-corrected chi connectivity index (χ2v) is 6.37. The van der Waals surface area contributed by atoms with E-state index >= 15 is 0 Å². The van der Waals surface area contributed by atoms with Gasteiger partial charge in [-0.05, 0) is 29.3 Å². The predicted octanol–water partition coefficient (Wildman–Crippen LogP) is 3.58. The zero-order valence-electron chi connectivity index (χ0n) is 10.6. The topological polar surface area (TPSA) is 23.5 Å². The molecule has 2 aromatic heterocycles. The van der Waals surface area contributed by atoms with Gasteiger partial charge >= 0.3 is 0 Å². The molecule has 2 aromatic rings. The summed E-state index contributed by atoms with van der Waals surface area (Å²) in [7, 11) is 0. The maximum atomic E-state index is 9.52. The first-order chi connectivity index (χ1) is 8.83. The van der Waals surface area contributed by atoms with Crippen molar-refractivity contribution in [1.82, 2.24) is 4.90 Å². The molecule has 0 unspecified atom stereocenters. The lowest BCUT2D eigenvalue weighted by atomic mass is 10.2. The summed E-state index contributed by atoms with van der Waals surface area (Å²) in [5.74, 6) is 0. The molecule has 0 aliphatic heterocycles. The Morgan fingerprint density at radius 2 is 1.67 bits per heavy atom. The van der Waals surface area contributed by atoms with Crippen LogP contribution in [0.25, 0.3) is 0 Å². The summed E-state index contributed by atoms with van der Waals surface area (Å²) in [5, 5.41) is 13.7. The van der Waals surface area contributed by atoms with E-state index in [0.717, 1.165) is 19.5 Å². The molecule has 0 bridgehead atoms. The van der Waals surface area contributed by atoms with Gasteiger partial charge in [-0.15, -0.1) is 22.7 Å². The molecule has 0 fully saturated rings. The monoisotopic (exact) mass is 281 g/mol. The number of nitrogens with zero attached hydrogens (tertiary/aromatic N) is 1. The molecule has 0 aliphatic rings. The van der Waals surface area contributed by atoms with Gasteiger partial charge in [-0.3, -0.25) is 4.90 Å². The van der Waals surface area contributed by atoms with Crippen LogP contribution in [0, 0.1) is 0 Å². The van der Waals surface area contributed by atoms with Crippen LogP contribution >= 0.6 is 22.7 Å². The molecular formula is C14H19NOS2. The van der Waals surface area contributed by atoms with E-state index < -0.39 is 0 Å². The van der Waals surface area contributed by atoms with Crippen molar-refractivity contribution in [1.29, 1.82) is 0 Å². The van der Waals surface area contributed by atoms with Crippen LogP contribution in [0.2, 0.25) is 0 Å². The lowest BCUT2D eigenvalue weighted by molar-refractivity contribution is 0.108. The Kier molecular flexibility index (Phi) is 5.38. The van der Waals surface area contributed by atoms with Gasteiger partial charge in [-0.2, -0.15) is 0 Å². The summed E-state index contributed by atoms with van der Waals surface area (Å²) < 4.78 is 0. The van der Waals surface area contributed by atoms with Gasteiger partial charge in [-0.25, -0.2) is 0 Å². The number of hydrogen-bond acceptors (Lipinski definition) is 4. The van der Waals surface area contributed by atoms with Crippen molar-refractivity contribution in [3.8, 4) is 0 Å². The highest BCUT2D eigenvalue weighted by Crippen LogP contribution is 2.20. The minimum absolute atomic E-state index is 0.229. The van der Waals surface area contributed by atoms with E-state index in [1.807, 2.05) is 0 Å². The van der Waals surface area contributed by atoms with Crippen LogP contribution in [0.15, 0.2) is 35.0 Å². The fourth-order valence-corrected chi connectivity index (χ4v) is 3.48. The van der Waals surface area contributed by atoms with Crippen LogP contribution in [0.3, 0.4) is 0 Å². The molecule has 1 atom stereocenters. The van der Waals surface area contributed by atoms with Crippen LogP contribution in [0.1, 0.15) is 23.1 Å². The predicted molar refractivity (Wildman–Crippen MR) is 79.0 cm³/mol. The van der Waals surface area contributed by atoms with E-state index in [2.05, 4.69) is 46.8 Å². The van der Waals surface area contributed by atoms with Crippen molar-refractivity contribution in [2.75, 3.05) is 6.61 Å². The highest BCUT2D eigenvalue weighted by atomic mass is 32.1. The molecular weight excluding hydrogens is 262 g/mol. The Labute approximate surface area is 117 Å². The Morgan fingerprint density at radius 3 is 2.00 bits per heavy atom. The van der Waals surface area contributed by atoms with Crippen LogP contribution in [0.5, 0.6) is 0 Å².